The summed E-state index contributed by atoms with van der Waals surface area (Å²) in [6.07, 6.45) is 0. The molecule has 0 aliphatic carbocycles. The fourth-order valence-electron chi connectivity index (χ4n) is 2.47. The molecule has 0 saturated heterocycles. The number of hydrogen-bond acceptors (Lipinski definition) is 4. The zero-order chi connectivity index (χ0) is 20.9. The molecule has 152 valence electrons. The van der Waals surface area contributed by atoms with Gasteiger partial charge >= 0.3 is 6.61 Å². The molecular formula is C18H19F3N2O4S. The number of likely N-dealkylation sites (N-methyl/N-ethyl adjacent to an activating group) is 1. The van der Waals surface area contributed by atoms with Crippen LogP contribution < -0.4 is 9.46 Å². The number of nitrogens with one attached hydrogen (secondary N) is 1. The summed E-state index contributed by atoms with van der Waals surface area (Å²) in [7, 11) is -2.76. The number of benzene rings is 2. The van der Waals surface area contributed by atoms with E-state index in [2.05, 4.69) is 9.46 Å². The first kappa shape index (κ1) is 21.7. The summed E-state index contributed by atoms with van der Waals surface area (Å²) in [5.41, 5.74) is 0.627. The normalized spacial score (nSPS) is 12.6. The van der Waals surface area contributed by atoms with Crippen LogP contribution in [0.2, 0.25) is 0 Å². The van der Waals surface area contributed by atoms with E-state index in [9.17, 15) is 26.4 Å². The van der Waals surface area contributed by atoms with Crippen LogP contribution in [0.5, 0.6) is 5.75 Å². The highest BCUT2D eigenvalue weighted by atomic mass is 32.2. The van der Waals surface area contributed by atoms with Gasteiger partial charge in [-0.05, 0) is 36.8 Å². The molecule has 10 heteroatoms. The third kappa shape index (κ3) is 5.70. The summed E-state index contributed by atoms with van der Waals surface area (Å²) < 4.78 is 69.0. The minimum absolute atomic E-state index is 0.0151. The Morgan fingerprint density at radius 1 is 1.14 bits per heavy atom. The molecule has 0 fully saturated rings. The van der Waals surface area contributed by atoms with Crippen molar-refractivity contribution < 1.29 is 31.1 Å². The highest BCUT2D eigenvalue weighted by Crippen LogP contribution is 2.17. The smallest absolute Gasteiger partial charge is 0.387 e. The Morgan fingerprint density at radius 3 is 2.32 bits per heavy atom. The molecule has 1 N–H and O–H groups in total. The van der Waals surface area contributed by atoms with Gasteiger partial charge in [0.25, 0.3) is 0 Å². The molecule has 0 heterocycles. The van der Waals surface area contributed by atoms with Crippen LogP contribution in [0.4, 0.5) is 13.2 Å². The van der Waals surface area contributed by atoms with Crippen molar-refractivity contribution in [2.24, 2.45) is 0 Å². The van der Waals surface area contributed by atoms with E-state index in [1.807, 2.05) is 0 Å². The first-order valence-corrected chi connectivity index (χ1v) is 9.64. The number of alkyl halides is 2. The number of nitrogens with zero attached hydrogens (tertiary/aromatic N) is 1. The van der Waals surface area contributed by atoms with E-state index in [1.54, 1.807) is 0 Å². The first-order valence-electron chi connectivity index (χ1n) is 8.15. The summed E-state index contributed by atoms with van der Waals surface area (Å²) in [6.45, 7) is -1.48. The summed E-state index contributed by atoms with van der Waals surface area (Å²) in [5, 5.41) is 0. The average Bonchev–Trinajstić information content (AvgIpc) is 2.62. The van der Waals surface area contributed by atoms with Gasteiger partial charge in [0.1, 0.15) is 16.5 Å². The minimum atomic E-state index is -4.22. The Balaban J connectivity index is 2.01. The predicted octanol–water partition coefficient (Wildman–Crippen LogP) is 2.75. The van der Waals surface area contributed by atoms with Crippen molar-refractivity contribution in [3.05, 3.63) is 59.9 Å². The van der Waals surface area contributed by atoms with Crippen LogP contribution in [-0.2, 0) is 21.4 Å². The number of sulfonamides is 1. The summed E-state index contributed by atoms with van der Waals surface area (Å²) in [4.78, 5) is 13.1. The largest absolute Gasteiger partial charge is 0.435 e. The van der Waals surface area contributed by atoms with Crippen molar-refractivity contribution in [2.75, 3.05) is 7.05 Å². The van der Waals surface area contributed by atoms with Crippen molar-refractivity contribution in [3.63, 3.8) is 0 Å². The van der Waals surface area contributed by atoms with Gasteiger partial charge in [0.05, 0.1) is 6.04 Å². The molecule has 0 bridgehead atoms. The SMILES string of the molecule is C[C@H](NS(=O)(=O)c1ccccc1F)C(=O)N(C)Cc1ccc(OC(F)F)cc1. The molecule has 2 rings (SSSR count). The second-order valence-electron chi connectivity index (χ2n) is 5.99. The quantitative estimate of drug-likeness (QED) is 0.718. The second-order valence-corrected chi connectivity index (χ2v) is 7.67. The number of rotatable bonds is 8. The van der Waals surface area contributed by atoms with Crippen molar-refractivity contribution in [3.8, 4) is 5.75 Å². The van der Waals surface area contributed by atoms with Crippen molar-refractivity contribution in [2.45, 2.75) is 31.0 Å². The average molecular weight is 416 g/mol. The molecule has 0 unspecified atom stereocenters. The standard InChI is InChI=1S/C18H19F3N2O4S/c1-12(22-28(25,26)16-6-4-3-5-15(16)19)17(24)23(2)11-13-7-9-14(10-8-13)27-18(20)21/h3-10,12,18,22H,11H2,1-2H3/t12-/m0/s1. The molecule has 6 nitrogen and oxygen atoms in total. The third-order valence-electron chi connectivity index (χ3n) is 3.77. The minimum Gasteiger partial charge on any atom is -0.435 e. The van der Waals surface area contributed by atoms with Crippen LogP contribution in [0.1, 0.15) is 12.5 Å². The fourth-order valence-corrected chi connectivity index (χ4v) is 3.74. The van der Waals surface area contributed by atoms with Crippen molar-refractivity contribution in [1.29, 1.82) is 0 Å². The lowest BCUT2D eigenvalue weighted by Crippen LogP contribution is -2.45. The Morgan fingerprint density at radius 2 is 1.75 bits per heavy atom. The zero-order valence-corrected chi connectivity index (χ0v) is 15.9. The van der Waals surface area contributed by atoms with E-state index < -0.39 is 39.3 Å². The van der Waals surface area contributed by atoms with Gasteiger partial charge in [-0.15, -0.1) is 0 Å². The Kier molecular flexibility index (Phi) is 7.03. The number of carbonyl (C=O) groups excluding carboxylic acids is 1. The Labute approximate surface area is 161 Å². The summed E-state index contributed by atoms with van der Waals surface area (Å²) in [6, 6.07) is 9.39. The number of hydrogen-bond donors (Lipinski definition) is 1. The third-order valence-corrected chi connectivity index (χ3v) is 5.35. The Hall–Kier alpha value is -2.59. The van der Waals surface area contributed by atoms with Gasteiger partial charge in [0.15, 0.2) is 0 Å². The fraction of sp³-hybridized carbons (Fsp3) is 0.278. The van der Waals surface area contributed by atoms with E-state index in [0.717, 1.165) is 12.1 Å². The monoisotopic (exact) mass is 416 g/mol. The van der Waals surface area contributed by atoms with Crippen LogP contribution >= 0.6 is 0 Å². The molecule has 0 saturated carbocycles. The van der Waals surface area contributed by atoms with E-state index in [1.165, 1.54) is 55.3 Å². The lowest BCUT2D eigenvalue weighted by Gasteiger charge is -2.22. The number of ether oxygens (including phenoxy) is 1. The molecule has 0 spiro atoms. The van der Waals surface area contributed by atoms with Crippen LogP contribution in [0.15, 0.2) is 53.4 Å². The Bertz CT molecular complexity index is 921. The lowest BCUT2D eigenvalue weighted by molar-refractivity contribution is -0.131. The highest BCUT2D eigenvalue weighted by molar-refractivity contribution is 7.89. The van der Waals surface area contributed by atoms with E-state index in [-0.39, 0.29) is 12.3 Å². The van der Waals surface area contributed by atoms with Crippen molar-refractivity contribution >= 4 is 15.9 Å². The van der Waals surface area contributed by atoms with Gasteiger partial charge in [0, 0.05) is 13.6 Å². The zero-order valence-electron chi connectivity index (χ0n) is 15.1. The summed E-state index contributed by atoms with van der Waals surface area (Å²) in [5.74, 6) is -1.49. The van der Waals surface area contributed by atoms with Gasteiger partial charge in [-0.2, -0.15) is 13.5 Å². The molecule has 0 aliphatic rings. The van der Waals surface area contributed by atoms with Crippen LogP contribution in [0, 0.1) is 5.82 Å². The lowest BCUT2D eigenvalue weighted by atomic mass is 10.2. The number of carbonyl (C=O) groups is 1. The van der Waals surface area contributed by atoms with E-state index >= 15 is 0 Å². The molecule has 2 aromatic carbocycles. The van der Waals surface area contributed by atoms with Gasteiger partial charge in [-0.25, -0.2) is 12.8 Å². The summed E-state index contributed by atoms with van der Waals surface area (Å²) >= 11 is 0. The van der Waals surface area contributed by atoms with Crippen LogP contribution in [-0.4, -0.2) is 38.9 Å². The number of halogens is 3. The predicted molar refractivity (Wildman–Crippen MR) is 95.7 cm³/mol. The first-order chi connectivity index (χ1) is 13.1. The van der Waals surface area contributed by atoms with E-state index in [0.29, 0.717) is 5.56 Å². The van der Waals surface area contributed by atoms with Crippen LogP contribution in [0.3, 0.4) is 0 Å². The molecule has 1 amide bonds. The number of amides is 1. The van der Waals surface area contributed by atoms with E-state index in [4.69, 9.17) is 0 Å². The maximum atomic E-state index is 13.7. The second kappa shape index (κ2) is 9.07. The molecule has 28 heavy (non-hydrogen) atoms. The molecule has 0 aliphatic heterocycles. The van der Waals surface area contributed by atoms with Crippen LogP contribution in [0.25, 0.3) is 0 Å². The van der Waals surface area contributed by atoms with Gasteiger partial charge < -0.3 is 9.64 Å². The topological polar surface area (TPSA) is 75.7 Å². The molecular weight excluding hydrogens is 397 g/mol. The maximum absolute atomic E-state index is 13.7. The van der Waals surface area contributed by atoms with Gasteiger partial charge in [-0.3, -0.25) is 4.79 Å². The van der Waals surface area contributed by atoms with Crippen molar-refractivity contribution in [1.82, 2.24) is 9.62 Å². The molecule has 2 aromatic rings. The maximum Gasteiger partial charge on any atom is 0.387 e. The molecule has 0 aromatic heterocycles. The van der Waals surface area contributed by atoms with Gasteiger partial charge in [-0.1, -0.05) is 24.3 Å². The molecule has 0 radical (unpaired) electrons. The highest BCUT2D eigenvalue weighted by Gasteiger charge is 2.26. The van der Waals surface area contributed by atoms with Gasteiger partial charge in [0.2, 0.25) is 15.9 Å². The molecule has 1 atom stereocenters.